The van der Waals surface area contributed by atoms with Gasteiger partial charge in [-0.15, -0.1) is 0 Å². The zero-order chi connectivity index (χ0) is 25.5. The van der Waals surface area contributed by atoms with Gasteiger partial charge in [0.2, 0.25) is 0 Å². The molecular formula is C29H37IN2O3. The molecule has 0 saturated heterocycles. The molecule has 1 aliphatic rings. The molecule has 0 aliphatic carbocycles. The molecule has 0 spiro atoms. The fourth-order valence-electron chi connectivity index (χ4n) is 4.57. The smallest absolute Gasteiger partial charge is 0.310 e. The molecule has 4 N–H and O–H groups in total. The minimum Gasteiger partial charge on any atom is -0.469 e. The van der Waals surface area contributed by atoms with Crippen LogP contribution in [-0.4, -0.2) is 20.9 Å². The molecular weight excluding hydrogens is 551 g/mol. The van der Waals surface area contributed by atoms with E-state index in [-0.39, 0.29) is 12.4 Å². The minimum absolute atomic E-state index is 0.232. The first-order chi connectivity index (χ1) is 16.8. The molecule has 0 aromatic heterocycles. The van der Waals surface area contributed by atoms with Gasteiger partial charge in [0.05, 0.1) is 13.5 Å². The first-order valence-electron chi connectivity index (χ1n) is 12.0. The normalized spacial score (nSPS) is 11.6. The van der Waals surface area contributed by atoms with Gasteiger partial charge in [-0.2, -0.15) is 0 Å². The second kappa shape index (κ2) is 12.4. The van der Waals surface area contributed by atoms with Crippen molar-refractivity contribution in [3.05, 3.63) is 70.3 Å². The summed E-state index contributed by atoms with van der Waals surface area (Å²) in [6, 6.07) is 14.6. The summed E-state index contributed by atoms with van der Waals surface area (Å²) in [7, 11) is 1.44. The summed E-state index contributed by atoms with van der Waals surface area (Å²) in [5, 5.41) is 3.57. The predicted molar refractivity (Wildman–Crippen MR) is 156 cm³/mol. The number of ether oxygens (including phenoxy) is 1. The van der Waals surface area contributed by atoms with Gasteiger partial charge in [-0.25, -0.2) is 0 Å². The number of nitrogen functional groups attached to an aromatic ring is 1. The number of halogens is 1. The Hall–Kier alpha value is -2.58. The Labute approximate surface area is 219 Å². The summed E-state index contributed by atoms with van der Waals surface area (Å²) in [6.07, 6.45) is 2.69. The van der Waals surface area contributed by atoms with Crippen LogP contribution in [0.2, 0.25) is 0 Å². The minimum atomic E-state index is -0.536. The number of unbranched alkanes of at least 4 members (excludes halogenated alkanes) is 1. The average Bonchev–Trinajstić information content (AvgIpc) is 2.86. The van der Waals surface area contributed by atoms with Crippen LogP contribution in [0, 0.1) is 20.8 Å². The summed E-state index contributed by atoms with van der Waals surface area (Å²) in [5.74, 6) is -0.232. The fourth-order valence-corrected chi connectivity index (χ4v) is 5.76. The number of benzene rings is 3. The molecule has 5 nitrogen and oxygen atoms in total. The second-order valence-corrected chi connectivity index (χ2v) is 10.8. The standard InChI is InChI=1S/C25H26N2O2.C4H11IO/c1-14-5-7-17(8-6-14)23-16(3)24-20-10-9-19(26)11-18(20)13-27-25(24)15(2)21(23)12-22(28)29-4;1-2-3-4-5-6/h5-11,27H,12-13,26H2,1-4H3;5-6H,2-4H2,1H3. The van der Waals surface area contributed by atoms with Crippen molar-refractivity contribution in [2.24, 2.45) is 0 Å². The van der Waals surface area contributed by atoms with Crippen LogP contribution >= 0.6 is 21.6 Å². The van der Waals surface area contributed by atoms with Crippen molar-refractivity contribution in [1.82, 2.24) is 0 Å². The van der Waals surface area contributed by atoms with Crippen LogP contribution in [0.15, 0.2) is 42.5 Å². The monoisotopic (exact) mass is 588 g/mol. The maximum Gasteiger partial charge on any atom is 0.310 e. The molecule has 0 fully saturated rings. The second-order valence-electron chi connectivity index (χ2n) is 8.93. The maximum absolute atomic E-state index is 12.2. The third-order valence-corrected chi connectivity index (χ3v) is 7.81. The van der Waals surface area contributed by atoms with Crippen LogP contribution in [0.25, 0.3) is 22.3 Å². The molecule has 0 saturated carbocycles. The van der Waals surface area contributed by atoms with Crippen LogP contribution in [0.1, 0.15) is 47.6 Å². The maximum atomic E-state index is 12.2. The number of esters is 1. The summed E-state index contributed by atoms with van der Waals surface area (Å²) in [5.41, 5.74) is 18.2. The number of hydrogen-bond acceptors (Lipinski definition) is 5. The number of aryl methyl sites for hydroxylation is 1. The molecule has 1 aliphatic heterocycles. The molecule has 3 aromatic rings. The fraction of sp³-hybridized carbons (Fsp3) is 0.345. The molecule has 0 amide bonds. The van der Waals surface area contributed by atoms with Crippen LogP contribution < -0.4 is 11.1 Å². The molecule has 4 rings (SSSR count). The van der Waals surface area contributed by atoms with E-state index in [0.717, 1.165) is 50.2 Å². The van der Waals surface area contributed by atoms with Crippen molar-refractivity contribution in [3.8, 4) is 22.3 Å². The van der Waals surface area contributed by atoms with Gasteiger partial charge in [-0.1, -0.05) is 35.9 Å². The average molecular weight is 589 g/mol. The van der Waals surface area contributed by atoms with E-state index in [1.54, 1.807) is 0 Å². The Morgan fingerprint density at radius 1 is 1.09 bits per heavy atom. The topological polar surface area (TPSA) is 84.6 Å². The number of alkyl halides is 1. The first-order valence-corrected chi connectivity index (χ1v) is 14.7. The Kier molecular flexibility index (Phi) is 9.57. The van der Waals surface area contributed by atoms with Gasteiger partial charge >= 0.3 is 55.2 Å². The van der Waals surface area contributed by atoms with Crippen molar-refractivity contribution < 1.29 is 13.0 Å². The number of anilines is 2. The molecule has 0 bridgehead atoms. The molecule has 35 heavy (non-hydrogen) atoms. The molecule has 0 unspecified atom stereocenters. The van der Waals surface area contributed by atoms with Crippen molar-refractivity contribution in [2.45, 2.75) is 53.5 Å². The molecule has 6 heteroatoms. The van der Waals surface area contributed by atoms with E-state index in [9.17, 15) is 4.79 Å². The molecule has 0 radical (unpaired) electrons. The van der Waals surface area contributed by atoms with Gasteiger partial charge in [0.25, 0.3) is 0 Å². The number of carbonyl (C=O) groups is 1. The van der Waals surface area contributed by atoms with E-state index in [0.29, 0.717) is 0 Å². The van der Waals surface area contributed by atoms with Crippen molar-refractivity contribution in [3.63, 3.8) is 0 Å². The third kappa shape index (κ3) is 6.16. The number of hydrogen-bond donors (Lipinski definition) is 3. The van der Waals surface area contributed by atoms with Gasteiger partial charge in [-0.05, 0) is 71.8 Å². The Morgan fingerprint density at radius 2 is 1.80 bits per heavy atom. The number of fused-ring (bicyclic) bond motifs is 3. The zero-order valence-corrected chi connectivity index (χ0v) is 23.7. The third-order valence-electron chi connectivity index (χ3n) is 6.46. The Morgan fingerprint density at radius 3 is 2.40 bits per heavy atom. The quantitative estimate of drug-likeness (QED) is 0.0998. The first kappa shape index (κ1) is 27.0. The Bertz CT molecular complexity index is 1190. The number of carbonyl (C=O) groups excluding carboxylic acids is 1. The molecule has 0 atom stereocenters. The number of nitrogens with two attached hydrogens (primary N) is 1. The summed E-state index contributed by atoms with van der Waals surface area (Å²) in [4.78, 5) is 12.2. The molecule has 1 heterocycles. The Balaban J connectivity index is 0.000000509. The molecule has 188 valence electrons. The number of rotatable bonds is 6. The van der Waals surface area contributed by atoms with Crippen LogP contribution in [-0.2, 0) is 22.5 Å². The van der Waals surface area contributed by atoms with Crippen LogP contribution in [0.5, 0.6) is 0 Å². The van der Waals surface area contributed by atoms with E-state index in [1.165, 1.54) is 42.2 Å². The number of nitrogens with one attached hydrogen (secondary N) is 1. The van der Waals surface area contributed by atoms with Crippen molar-refractivity contribution in [1.29, 1.82) is 0 Å². The van der Waals surface area contributed by atoms with E-state index in [2.05, 4.69) is 63.3 Å². The van der Waals surface area contributed by atoms with Gasteiger partial charge in [0, 0.05) is 23.5 Å². The largest absolute Gasteiger partial charge is 0.469 e. The van der Waals surface area contributed by atoms with Crippen molar-refractivity contribution in [2.75, 3.05) is 22.6 Å². The zero-order valence-electron chi connectivity index (χ0n) is 21.3. The predicted octanol–water partition coefficient (Wildman–Crippen LogP) is 6.57. The van der Waals surface area contributed by atoms with Gasteiger partial charge in [0.1, 0.15) is 0 Å². The van der Waals surface area contributed by atoms with Crippen LogP contribution in [0.3, 0.4) is 0 Å². The summed E-state index contributed by atoms with van der Waals surface area (Å²) in [6.45, 7) is 9.16. The SMILES string of the molecule is CCCC[IH]O.COC(=O)Cc1c(C)c2c(c(C)c1-c1ccc(C)cc1)-c1ccc(N)cc1CN2. The van der Waals surface area contributed by atoms with E-state index < -0.39 is 21.6 Å². The van der Waals surface area contributed by atoms with Crippen LogP contribution in [0.4, 0.5) is 11.4 Å². The summed E-state index contributed by atoms with van der Waals surface area (Å²) >= 11 is -0.536. The van der Waals surface area contributed by atoms with Gasteiger partial charge in [-0.3, -0.25) is 4.79 Å². The number of methoxy groups -OCH3 is 1. The summed E-state index contributed by atoms with van der Waals surface area (Å²) < 4.78 is 14.4. The van der Waals surface area contributed by atoms with E-state index in [4.69, 9.17) is 13.9 Å². The van der Waals surface area contributed by atoms with Crippen molar-refractivity contribution >= 4 is 39.0 Å². The van der Waals surface area contributed by atoms with Gasteiger partial charge < -0.3 is 15.8 Å². The van der Waals surface area contributed by atoms with E-state index >= 15 is 0 Å². The van der Waals surface area contributed by atoms with Gasteiger partial charge in [0.15, 0.2) is 0 Å². The van der Waals surface area contributed by atoms with E-state index in [1.807, 2.05) is 12.1 Å². The molecule has 3 aromatic carbocycles.